The molecule has 0 radical (unpaired) electrons. The lowest BCUT2D eigenvalue weighted by atomic mass is 10.00. The summed E-state index contributed by atoms with van der Waals surface area (Å²) in [5.41, 5.74) is -0.0384. The Morgan fingerprint density at radius 1 is 1.23 bits per heavy atom. The minimum atomic E-state index is -0.488. The number of nitrogens with one attached hydrogen (secondary N) is 2. The number of hydrogen-bond acceptors (Lipinski definition) is 4. The summed E-state index contributed by atoms with van der Waals surface area (Å²) >= 11 is 0. The van der Waals surface area contributed by atoms with Gasteiger partial charge in [0.05, 0.1) is 18.8 Å². The molecule has 2 rings (SSSR count). The number of halogens is 1. The molecule has 1 aromatic carbocycles. The van der Waals surface area contributed by atoms with Crippen LogP contribution in [-0.4, -0.2) is 60.6 Å². The molecule has 2 amide bonds. The number of rotatable bonds is 6. The van der Waals surface area contributed by atoms with Gasteiger partial charge in [-0.1, -0.05) is 6.07 Å². The zero-order valence-corrected chi connectivity index (χ0v) is 15.8. The predicted octanol–water partition coefficient (Wildman–Crippen LogP) is 1.56. The molecule has 2 atom stereocenters. The quantitative estimate of drug-likeness (QED) is 0.803. The molecule has 1 saturated heterocycles. The summed E-state index contributed by atoms with van der Waals surface area (Å²) in [7, 11) is 0. The molecule has 0 saturated carbocycles. The van der Waals surface area contributed by atoms with Gasteiger partial charge in [-0.2, -0.15) is 0 Å². The molecule has 6 nitrogen and oxygen atoms in total. The van der Waals surface area contributed by atoms with Gasteiger partial charge in [-0.3, -0.25) is 14.5 Å². The van der Waals surface area contributed by atoms with E-state index in [-0.39, 0.29) is 35.8 Å². The lowest BCUT2D eigenvalue weighted by molar-refractivity contribution is -0.122. The smallest absolute Gasteiger partial charge is 0.251 e. The van der Waals surface area contributed by atoms with Crippen molar-refractivity contribution in [2.75, 3.05) is 26.2 Å². The van der Waals surface area contributed by atoms with Crippen molar-refractivity contribution in [2.24, 2.45) is 0 Å². The Balaban J connectivity index is 1.79. The molecule has 2 N–H and O–H groups in total. The van der Waals surface area contributed by atoms with Gasteiger partial charge >= 0.3 is 0 Å². The van der Waals surface area contributed by atoms with Crippen LogP contribution in [0.1, 0.15) is 38.1 Å². The van der Waals surface area contributed by atoms with Gasteiger partial charge in [0.2, 0.25) is 5.91 Å². The molecular weight excluding hydrogens is 337 g/mol. The van der Waals surface area contributed by atoms with Crippen molar-refractivity contribution in [1.29, 1.82) is 0 Å². The van der Waals surface area contributed by atoms with Crippen LogP contribution in [0.3, 0.4) is 0 Å². The standard InChI is InChI=1S/C19H28FN3O3/c1-13-10-23(11-14(2)26-13)19(3,4)12-22-17(24)9-21-18(25)15-6-5-7-16(20)8-15/h5-8,13-14H,9-12H2,1-4H3,(H,21,25)(H,22,24). The topological polar surface area (TPSA) is 70.7 Å². The van der Waals surface area contributed by atoms with Crippen LogP contribution in [-0.2, 0) is 9.53 Å². The highest BCUT2D eigenvalue weighted by molar-refractivity contribution is 5.96. The van der Waals surface area contributed by atoms with E-state index >= 15 is 0 Å². The Bertz CT molecular complexity index is 641. The van der Waals surface area contributed by atoms with Gasteiger partial charge in [-0.15, -0.1) is 0 Å². The number of nitrogens with zero attached hydrogens (tertiary/aromatic N) is 1. The minimum absolute atomic E-state index is 0.151. The average molecular weight is 365 g/mol. The van der Waals surface area contributed by atoms with Crippen LogP contribution in [0.5, 0.6) is 0 Å². The van der Waals surface area contributed by atoms with Crippen molar-refractivity contribution in [2.45, 2.75) is 45.4 Å². The van der Waals surface area contributed by atoms with Crippen molar-refractivity contribution in [3.05, 3.63) is 35.6 Å². The van der Waals surface area contributed by atoms with Crippen LogP contribution in [0.2, 0.25) is 0 Å². The first-order valence-corrected chi connectivity index (χ1v) is 8.88. The fraction of sp³-hybridized carbons (Fsp3) is 0.579. The van der Waals surface area contributed by atoms with Crippen LogP contribution in [0.15, 0.2) is 24.3 Å². The first-order valence-electron chi connectivity index (χ1n) is 8.88. The van der Waals surface area contributed by atoms with Crippen molar-refractivity contribution >= 4 is 11.8 Å². The van der Waals surface area contributed by atoms with E-state index in [2.05, 4.69) is 29.4 Å². The molecule has 26 heavy (non-hydrogen) atoms. The average Bonchev–Trinajstić information content (AvgIpc) is 2.57. The zero-order valence-electron chi connectivity index (χ0n) is 15.8. The zero-order chi connectivity index (χ0) is 19.3. The third kappa shape index (κ3) is 5.78. The minimum Gasteiger partial charge on any atom is -0.373 e. The highest BCUT2D eigenvalue weighted by Crippen LogP contribution is 2.20. The van der Waals surface area contributed by atoms with E-state index in [1.807, 2.05) is 13.8 Å². The summed E-state index contributed by atoms with van der Waals surface area (Å²) in [4.78, 5) is 26.3. The van der Waals surface area contributed by atoms with E-state index in [1.54, 1.807) is 0 Å². The third-order valence-corrected chi connectivity index (χ3v) is 4.49. The highest BCUT2D eigenvalue weighted by Gasteiger charge is 2.33. The molecule has 0 bridgehead atoms. The maximum Gasteiger partial charge on any atom is 0.251 e. The lowest BCUT2D eigenvalue weighted by Gasteiger charge is -2.45. The first-order chi connectivity index (χ1) is 12.2. The normalized spacial score (nSPS) is 21.3. The van der Waals surface area contributed by atoms with E-state index < -0.39 is 11.7 Å². The molecular formula is C19H28FN3O3. The number of morpholine rings is 1. The second-order valence-corrected chi connectivity index (χ2v) is 7.44. The number of amides is 2. The van der Waals surface area contributed by atoms with Gasteiger partial charge in [0.1, 0.15) is 5.82 Å². The molecule has 1 fully saturated rings. The fourth-order valence-corrected chi connectivity index (χ4v) is 3.05. The molecule has 0 aliphatic carbocycles. The Hall–Kier alpha value is -1.99. The van der Waals surface area contributed by atoms with Crippen molar-refractivity contribution < 1.29 is 18.7 Å². The monoisotopic (exact) mass is 365 g/mol. The van der Waals surface area contributed by atoms with Gasteiger partial charge in [0.25, 0.3) is 5.91 Å². The molecule has 0 spiro atoms. The van der Waals surface area contributed by atoms with Gasteiger partial charge in [-0.05, 0) is 45.9 Å². The Labute approximate surface area is 154 Å². The van der Waals surface area contributed by atoms with Gasteiger partial charge in [-0.25, -0.2) is 4.39 Å². The summed E-state index contributed by atoms with van der Waals surface area (Å²) in [5, 5.41) is 5.36. The van der Waals surface area contributed by atoms with Crippen LogP contribution < -0.4 is 10.6 Å². The van der Waals surface area contributed by atoms with Crippen molar-refractivity contribution in [3.8, 4) is 0 Å². The molecule has 1 aliphatic rings. The highest BCUT2D eigenvalue weighted by atomic mass is 19.1. The molecule has 144 valence electrons. The fourth-order valence-electron chi connectivity index (χ4n) is 3.05. The van der Waals surface area contributed by atoms with Crippen LogP contribution >= 0.6 is 0 Å². The van der Waals surface area contributed by atoms with Gasteiger partial charge in [0, 0.05) is 30.7 Å². The van der Waals surface area contributed by atoms with E-state index in [1.165, 1.54) is 18.2 Å². The second kappa shape index (κ2) is 8.60. The summed E-state index contributed by atoms with van der Waals surface area (Å²) < 4.78 is 18.9. The van der Waals surface area contributed by atoms with Gasteiger partial charge in [0.15, 0.2) is 0 Å². The largest absolute Gasteiger partial charge is 0.373 e. The number of carbonyl (C=O) groups excluding carboxylic acids is 2. The lowest BCUT2D eigenvalue weighted by Crippen LogP contribution is -2.59. The second-order valence-electron chi connectivity index (χ2n) is 7.44. The van der Waals surface area contributed by atoms with Gasteiger partial charge < -0.3 is 15.4 Å². The molecule has 1 aliphatic heterocycles. The van der Waals surface area contributed by atoms with Crippen molar-refractivity contribution in [1.82, 2.24) is 15.5 Å². The summed E-state index contributed by atoms with van der Waals surface area (Å²) in [6, 6.07) is 5.35. The SMILES string of the molecule is CC1CN(C(C)(C)CNC(=O)CNC(=O)c2cccc(F)c2)CC(C)O1. The summed E-state index contributed by atoms with van der Waals surface area (Å²) in [6.07, 6.45) is 0.304. The number of hydrogen-bond donors (Lipinski definition) is 2. The maximum atomic E-state index is 13.1. The van der Waals surface area contributed by atoms with Crippen LogP contribution in [0.25, 0.3) is 0 Å². The Morgan fingerprint density at radius 2 is 1.88 bits per heavy atom. The summed E-state index contributed by atoms with van der Waals surface area (Å²) in [5.74, 6) is -1.25. The Kier molecular flexibility index (Phi) is 6.72. The van der Waals surface area contributed by atoms with Crippen molar-refractivity contribution in [3.63, 3.8) is 0 Å². The van der Waals surface area contributed by atoms with Crippen LogP contribution in [0.4, 0.5) is 4.39 Å². The van der Waals surface area contributed by atoms with Crippen LogP contribution in [0, 0.1) is 5.82 Å². The number of carbonyl (C=O) groups is 2. The van der Waals surface area contributed by atoms with E-state index in [4.69, 9.17) is 4.74 Å². The molecule has 1 aromatic rings. The maximum absolute atomic E-state index is 13.1. The van der Waals surface area contributed by atoms with E-state index in [0.29, 0.717) is 6.54 Å². The number of benzene rings is 1. The van der Waals surface area contributed by atoms with E-state index in [0.717, 1.165) is 19.2 Å². The molecule has 1 heterocycles. The molecule has 0 aromatic heterocycles. The molecule has 7 heteroatoms. The third-order valence-electron chi connectivity index (χ3n) is 4.49. The first kappa shape index (κ1) is 20.3. The summed E-state index contributed by atoms with van der Waals surface area (Å²) in [6.45, 7) is 10.2. The predicted molar refractivity (Wildman–Crippen MR) is 97.4 cm³/mol. The van der Waals surface area contributed by atoms with E-state index in [9.17, 15) is 14.0 Å². The number of ether oxygens (including phenoxy) is 1. The molecule has 2 unspecified atom stereocenters. The Morgan fingerprint density at radius 3 is 2.50 bits per heavy atom.